The Bertz CT molecular complexity index is 287. The standard InChI is InChI=1S/C6H12Cl4N3OP/c1-12(2)15(10,13(3)4)11-5(14)6(7,8)9/h1-4H3. The second-order valence-corrected chi connectivity index (χ2v) is 9.52. The van der Waals surface area contributed by atoms with Crippen molar-refractivity contribution >= 4 is 58.7 Å². The lowest BCUT2D eigenvalue weighted by Crippen LogP contribution is -2.22. The fourth-order valence-corrected chi connectivity index (χ4v) is 2.67. The quantitative estimate of drug-likeness (QED) is 0.580. The van der Waals surface area contributed by atoms with Gasteiger partial charge in [0.25, 0.3) is 9.70 Å². The van der Waals surface area contributed by atoms with E-state index in [-0.39, 0.29) is 0 Å². The van der Waals surface area contributed by atoms with Crippen LogP contribution in [0.5, 0.6) is 0 Å². The van der Waals surface area contributed by atoms with Crippen molar-refractivity contribution in [1.82, 2.24) is 9.34 Å². The molecule has 90 valence electrons. The molecule has 0 N–H and O–H groups in total. The summed E-state index contributed by atoms with van der Waals surface area (Å²) >= 11 is 22.4. The van der Waals surface area contributed by atoms with E-state index in [2.05, 4.69) is 4.74 Å². The summed E-state index contributed by atoms with van der Waals surface area (Å²) in [6, 6.07) is 0. The molecule has 9 heteroatoms. The number of carbonyl (C=O) groups is 1. The highest BCUT2D eigenvalue weighted by atomic mass is 35.7. The van der Waals surface area contributed by atoms with Crippen molar-refractivity contribution in [2.45, 2.75) is 3.79 Å². The first kappa shape index (κ1) is 16.0. The van der Waals surface area contributed by atoms with Crippen molar-refractivity contribution in [1.29, 1.82) is 0 Å². The first-order chi connectivity index (χ1) is 6.51. The van der Waals surface area contributed by atoms with Gasteiger partial charge in [0.15, 0.2) is 6.71 Å². The second-order valence-electron chi connectivity index (χ2n) is 3.09. The number of carbonyl (C=O) groups excluding carboxylic acids is 1. The van der Waals surface area contributed by atoms with E-state index in [9.17, 15) is 4.79 Å². The van der Waals surface area contributed by atoms with Crippen molar-refractivity contribution in [2.24, 2.45) is 4.74 Å². The van der Waals surface area contributed by atoms with Gasteiger partial charge in [0.05, 0.1) is 0 Å². The van der Waals surface area contributed by atoms with Crippen LogP contribution in [0.4, 0.5) is 0 Å². The van der Waals surface area contributed by atoms with E-state index in [0.717, 1.165) is 0 Å². The number of nitrogens with zero attached hydrogens (tertiary/aromatic N) is 3. The lowest BCUT2D eigenvalue weighted by molar-refractivity contribution is -0.116. The fraction of sp³-hybridized carbons (Fsp3) is 0.833. The lowest BCUT2D eigenvalue weighted by Gasteiger charge is -2.30. The molecule has 0 fully saturated rings. The third-order valence-electron chi connectivity index (χ3n) is 1.48. The van der Waals surface area contributed by atoms with Crippen molar-refractivity contribution < 1.29 is 4.79 Å². The molecule has 0 radical (unpaired) electrons. The van der Waals surface area contributed by atoms with Gasteiger partial charge in [0, 0.05) is 0 Å². The van der Waals surface area contributed by atoms with Gasteiger partial charge in [0.2, 0.25) is 0 Å². The van der Waals surface area contributed by atoms with Crippen LogP contribution < -0.4 is 0 Å². The van der Waals surface area contributed by atoms with Gasteiger partial charge in [-0.3, -0.25) is 14.1 Å². The predicted octanol–water partition coefficient (Wildman–Crippen LogP) is 3.19. The maximum atomic E-state index is 11.4. The zero-order valence-electron chi connectivity index (χ0n) is 8.71. The number of rotatable bonds is 2. The van der Waals surface area contributed by atoms with Gasteiger partial charge in [-0.2, -0.15) is 4.74 Å². The number of hydrogen-bond acceptors (Lipinski definition) is 1. The molecule has 0 aromatic carbocycles. The second kappa shape index (κ2) is 5.54. The largest absolute Gasteiger partial charge is 0.299 e. The van der Waals surface area contributed by atoms with Gasteiger partial charge < -0.3 is 0 Å². The molecule has 0 spiro atoms. The Morgan fingerprint density at radius 1 is 1.13 bits per heavy atom. The molecule has 0 aromatic heterocycles. The number of amides is 1. The minimum atomic E-state index is -2.60. The van der Waals surface area contributed by atoms with Gasteiger partial charge in [0.1, 0.15) is 0 Å². The third kappa shape index (κ3) is 4.39. The van der Waals surface area contributed by atoms with E-state index in [1.54, 1.807) is 37.5 Å². The van der Waals surface area contributed by atoms with E-state index in [1.807, 2.05) is 0 Å². The molecule has 4 nitrogen and oxygen atoms in total. The van der Waals surface area contributed by atoms with Crippen molar-refractivity contribution in [3.05, 3.63) is 0 Å². The smallest absolute Gasteiger partial charge is 0.268 e. The summed E-state index contributed by atoms with van der Waals surface area (Å²) < 4.78 is 4.96. The molecule has 0 saturated carbocycles. The Kier molecular flexibility index (Phi) is 5.91. The molecule has 0 unspecified atom stereocenters. The van der Waals surface area contributed by atoms with Crippen LogP contribution in [0.3, 0.4) is 0 Å². The van der Waals surface area contributed by atoms with Crippen LogP contribution in [0, 0.1) is 0 Å². The summed E-state index contributed by atoms with van der Waals surface area (Å²) in [4.78, 5) is 11.4. The number of halogens is 4. The summed E-state index contributed by atoms with van der Waals surface area (Å²) in [5, 5.41) is 0. The molecule has 0 aliphatic carbocycles. The Labute approximate surface area is 109 Å². The van der Waals surface area contributed by atoms with Crippen LogP contribution in [0.15, 0.2) is 4.74 Å². The molecule has 0 bridgehead atoms. The van der Waals surface area contributed by atoms with Crippen LogP contribution in [0.25, 0.3) is 0 Å². The summed E-state index contributed by atoms with van der Waals surface area (Å²) in [7, 11) is 6.82. The monoisotopic (exact) mass is 313 g/mol. The Morgan fingerprint density at radius 2 is 1.47 bits per heavy atom. The van der Waals surface area contributed by atoms with Gasteiger partial charge in [-0.25, -0.2) is 0 Å². The molecule has 0 rings (SSSR count). The lowest BCUT2D eigenvalue weighted by atomic mass is 10.7. The van der Waals surface area contributed by atoms with Gasteiger partial charge in [-0.15, -0.1) is 0 Å². The molecule has 1 amide bonds. The summed E-state index contributed by atoms with van der Waals surface area (Å²) in [5.41, 5.74) is 0. The van der Waals surface area contributed by atoms with E-state index in [0.29, 0.717) is 0 Å². The molecular weight excluding hydrogens is 303 g/mol. The fourth-order valence-electron chi connectivity index (χ4n) is 0.709. The number of hydrogen-bond donors (Lipinski definition) is 0. The Hall–Kier alpha value is 0.980. The molecule has 15 heavy (non-hydrogen) atoms. The van der Waals surface area contributed by atoms with E-state index in [1.165, 1.54) is 0 Å². The highest BCUT2D eigenvalue weighted by molar-refractivity contribution is 7.87. The summed E-state index contributed by atoms with van der Waals surface area (Å²) in [6.45, 7) is -2.60. The molecule has 0 aliphatic rings. The van der Waals surface area contributed by atoms with Gasteiger partial charge in [-0.1, -0.05) is 34.8 Å². The minimum absolute atomic E-state index is 0.863. The van der Waals surface area contributed by atoms with Crippen LogP contribution in [-0.2, 0) is 4.79 Å². The van der Waals surface area contributed by atoms with Crippen molar-refractivity contribution in [3.63, 3.8) is 0 Å². The maximum Gasteiger partial charge on any atom is 0.299 e. The van der Waals surface area contributed by atoms with E-state index in [4.69, 9.17) is 46.0 Å². The molecule has 0 aromatic rings. The SMILES string of the molecule is CN(C)P(Cl)(=NC(=O)C(Cl)(Cl)Cl)N(C)C. The van der Waals surface area contributed by atoms with E-state index >= 15 is 0 Å². The first-order valence-corrected chi connectivity index (χ1v) is 7.49. The highest BCUT2D eigenvalue weighted by Crippen LogP contribution is 2.58. The average molecular weight is 315 g/mol. The molecule has 0 atom stereocenters. The highest BCUT2D eigenvalue weighted by Gasteiger charge is 2.34. The zero-order chi connectivity index (χ0) is 12.4. The van der Waals surface area contributed by atoms with Crippen LogP contribution in [0.1, 0.15) is 0 Å². The Morgan fingerprint density at radius 3 is 1.67 bits per heavy atom. The topological polar surface area (TPSA) is 35.9 Å². The van der Waals surface area contributed by atoms with Crippen LogP contribution >= 0.6 is 52.8 Å². The van der Waals surface area contributed by atoms with Crippen LogP contribution in [0.2, 0.25) is 0 Å². The van der Waals surface area contributed by atoms with Gasteiger partial charge in [-0.05, 0) is 39.4 Å². The van der Waals surface area contributed by atoms with Gasteiger partial charge >= 0.3 is 0 Å². The predicted molar refractivity (Wildman–Crippen MR) is 67.9 cm³/mol. The van der Waals surface area contributed by atoms with E-state index < -0.39 is 16.4 Å². The van der Waals surface area contributed by atoms with Crippen molar-refractivity contribution in [2.75, 3.05) is 28.2 Å². The zero-order valence-corrected chi connectivity index (χ0v) is 12.6. The molecular formula is C6H12Cl4N3OP. The summed E-state index contributed by atoms with van der Waals surface area (Å²) in [6.07, 6.45) is 0. The number of alkyl halides is 3. The first-order valence-electron chi connectivity index (χ1n) is 3.80. The molecule has 0 heterocycles. The molecule has 0 saturated heterocycles. The average Bonchev–Trinajstić information content (AvgIpc) is 2.01. The molecule has 0 aliphatic heterocycles. The maximum absolute atomic E-state index is 11.4. The normalized spacial score (nSPS) is 13.5. The third-order valence-corrected chi connectivity index (χ3v) is 6.48. The summed E-state index contributed by atoms with van der Waals surface area (Å²) in [5.74, 6) is -0.863. The van der Waals surface area contributed by atoms with Crippen molar-refractivity contribution in [3.8, 4) is 0 Å². The Balaban J connectivity index is 5.30. The minimum Gasteiger partial charge on any atom is -0.268 e. The van der Waals surface area contributed by atoms with Crippen LogP contribution in [-0.4, -0.2) is 47.2 Å².